The third kappa shape index (κ3) is 5.91. The van der Waals surface area contributed by atoms with Gasteiger partial charge in [-0.05, 0) is 51.4 Å². The van der Waals surface area contributed by atoms with Gasteiger partial charge in [0.25, 0.3) is 0 Å². The number of rotatable bonds is 9. The van der Waals surface area contributed by atoms with Crippen molar-refractivity contribution < 1.29 is 13.2 Å². The minimum atomic E-state index is -4.57. The molecule has 0 aromatic carbocycles. The number of likely N-dealkylation sites (tertiary alicyclic amines) is 1. The van der Waals surface area contributed by atoms with E-state index in [-0.39, 0.29) is 11.7 Å². The molecule has 1 aliphatic carbocycles. The predicted molar refractivity (Wildman–Crippen MR) is 123 cm³/mol. The smallest absolute Gasteiger partial charge is 0.382 e. The zero-order valence-electron chi connectivity index (χ0n) is 18.3. The van der Waals surface area contributed by atoms with Crippen LogP contribution in [0.4, 0.5) is 19.0 Å². The normalized spacial score (nSPS) is 18.3. The molecular formula is C24H33F3N4. The first kappa shape index (κ1) is 23.4. The topological polar surface area (TPSA) is 40.2 Å². The second kappa shape index (κ2) is 9.90. The molecular weight excluding hydrogens is 401 g/mol. The number of piperidine rings is 1. The van der Waals surface area contributed by atoms with Gasteiger partial charge in [0.2, 0.25) is 0 Å². The summed E-state index contributed by atoms with van der Waals surface area (Å²) < 4.78 is 40.5. The van der Waals surface area contributed by atoms with Crippen LogP contribution in [0.2, 0.25) is 0 Å². The largest absolute Gasteiger partial charge is 0.417 e. The molecule has 0 radical (unpaired) electrons. The second-order valence-electron chi connectivity index (χ2n) is 8.71. The maximum atomic E-state index is 13.5. The highest BCUT2D eigenvalue weighted by atomic mass is 19.4. The minimum Gasteiger partial charge on any atom is -0.382 e. The molecule has 2 heterocycles. The van der Waals surface area contributed by atoms with Crippen molar-refractivity contribution in [3.05, 3.63) is 42.6 Å². The summed E-state index contributed by atoms with van der Waals surface area (Å²) in [5, 5.41) is 6.64. The van der Waals surface area contributed by atoms with E-state index >= 15 is 0 Å². The number of halogens is 3. The molecule has 2 aliphatic rings. The molecule has 1 aliphatic heterocycles. The molecule has 1 aromatic rings. The monoisotopic (exact) mass is 434 g/mol. The number of pyridine rings is 1. The number of alkyl halides is 3. The quantitative estimate of drug-likeness (QED) is 0.534. The Morgan fingerprint density at radius 2 is 1.90 bits per heavy atom. The van der Waals surface area contributed by atoms with Crippen molar-refractivity contribution >= 4 is 23.2 Å². The van der Waals surface area contributed by atoms with Crippen LogP contribution in [0, 0.1) is 5.92 Å². The molecule has 31 heavy (non-hydrogen) atoms. The van der Waals surface area contributed by atoms with Gasteiger partial charge in [-0.15, -0.1) is 0 Å². The third-order valence-corrected chi connectivity index (χ3v) is 6.40. The molecule has 0 bridgehead atoms. The fraction of sp³-hybridized carbons (Fsp3) is 0.542. The van der Waals surface area contributed by atoms with E-state index in [2.05, 4.69) is 47.3 Å². The fourth-order valence-corrected chi connectivity index (χ4v) is 4.13. The summed E-state index contributed by atoms with van der Waals surface area (Å²) in [7, 11) is 2.08. The van der Waals surface area contributed by atoms with E-state index in [0.29, 0.717) is 35.1 Å². The summed E-state index contributed by atoms with van der Waals surface area (Å²) in [6.07, 6.45) is 3.46. The molecule has 2 N–H and O–H groups in total. The predicted octanol–water partition coefficient (Wildman–Crippen LogP) is 5.56. The van der Waals surface area contributed by atoms with E-state index in [4.69, 9.17) is 0 Å². The average Bonchev–Trinajstić information content (AvgIpc) is 2.69. The molecule has 0 atom stereocenters. The van der Waals surface area contributed by atoms with Crippen LogP contribution in [-0.4, -0.2) is 48.8 Å². The number of aromatic nitrogens is 1. The highest BCUT2D eigenvalue weighted by Gasteiger charge is 2.36. The number of hydrogen-bond donors (Lipinski definition) is 2. The summed E-state index contributed by atoms with van der Waals surface area (Å²) in [6.45, 7) is 13.8. The molecule has 3 rings (SSSR count). The first-order valence-electron chi connectivity index (χ1n) is 11.0. The van der Waals surface area contributed by atoms with Gasteiger partial charge in [-0.1, -0.05) is 45.1 Å². The Bertz CT molecular complexity index is 819. The summed E-state index contributed by atoms with van der Waals surface area (Å²) in [5.74, 6) is 1.11. The van der Waals surface area contributed by atoms with Crippen molar-refractivity contribution in [2.75, 3.05) is 32.0 Å². The van der Waals surface area contributed by atoms with Gasteiger partial charge < -0.3 is 15.5 Å². The van der Waals surface area contributed by atoms with Crippen molar-refractivity contribution in [2.45, 2.75) is 50.7 Å². The molecule has 2 fully saturated rings. The van der Waals surface area contributed by atoms with Crippen LogP contribution in [-0.2, 0) is 0 Å². The van der Waals surface area contributed by atoms with Crippen LogP contribution < -0.4 is 10.6 Å². The van der Waals surface area contributed by atoms with Gasteiger partial charge in [-0.25, -0.2) is 4.98 Å². The van der Waals surface area contributed by atoms with Gasteiger partial charge in [0.1, 0.15) is 5.82 Å². The Hall–Kier alpha value is -2.28. The summed E-state index contributed by atoms with van der Waals surface area (Å²) in [5.41, 5.74) is 0.300. The van der Waals surface area contributed by atoms with Crippen LogP contribution in [0.15, 0.2) is 25.8 Å². The van der Waals surface area contributed by atoms with Gasteiger partial charge in [0, 0.05) is 29.4 Å². The molecule has 170 valence electrons. The van der Waals surface area contributed by atoms with E-state index in [0.717, 1.165) is 32.4 Å². The lowest BCUT2D eigenvalue weighted by Crippen LogP contribution is -2.40. The lowest BCUT2D eigenvalue weighted by molar-refractivity contribution is -0.0689. The SMILES string of the molecule is C=Cc1c(C(=C)NC2CCN(C)CC2)cc(NCCC2CCC2)nc1C(=C)C(F)(F)F. The Morgan fingerprint density at radius 3 is 2.45 bits per heavy atom. The number of allylic oxidation sites excluding steroid dienone is 1. The zero-order valence-corrected chi connectivity index (χ0v) is 18.3. The Balaban J connectivity index is 1.86. The lowest BCUT2D eigenvalue weighted by atomic mass is 9.83. The van der Waals surface area contributed by atoms with Crippen molar-refractivity contribution in [2.24, 2.45) is 5.92 Å². The van der Waals surface area contributed by atoms with Crippen molar-refractivity contribution in [1.82, 2.24) is 15.2 Å². The summed E-state index contributed by atoms with van der Waals surface area (Å²) in [4.78, 5) is 6.53. The van der Waals surface area contributed by atoms with Crippen LogP contribution in [0.5, 0.6) is 0 Å². The molecule has 0 amide bonds. The number of nitrogens with zero attached hydrogens (tertiary/aromatic N) is 2. The van der Waals surface area contributed by atoms with Crippen LogP contribution in [0.3, 0.4) is 0 Å². The van der Waals surface area contributed by atoms with Gasteiger partial charge in [-0.2, -0.15) is 13.2 Å². The molecule has 4 nitrogen and oxygen atoms in total. The van der Waals surface area contributed by atoms with Crippen molar-refractivity contribution in [3.8, 4) is 0 Å². The van der Waals surface area contributed by atoms with Crippen LogP contribution in [0.1, 0.15) is 55.3 Å². The Morgan fingerprint density at radius 1 is 1.23 bits per heavy atom. The standard InChI is InChI=1S/C24H33F3N4/c1-5-20-21(17(3)29-19-10-13-31(4)14-11-19)15-22(28-12-9-18-7-6-8-18)30-23(20)16(2)24(25,26)27/h5,15,18-19,29H,1-3,6-14H2,4H3,(H,28,30). The fourth-order valence-electron chi connectivity index (χ4n) is 4.13. The maximum absolute atomic E-state index is 13.5. The molecule has 1 saturated heterocycles. The Kier molecular flexibility index (Phi) is 7.46. The van der Waals surface area contributed by atoms with E-state index < -0.39 is 11.7 Å². The molecule has 7 heteroatoms. The average molecular weight is 435 g/mol. The third-order valence-electron chi connectivity index (χ3n) is 6.40. The van der Waals surface area contributed by atoms with Gasteiger partial charge in [-0.3, -0.25) is 0 Å². The summed E-state index contributed by atoms with van der Waals surface area (Å²) >= 11 is 0. The number of hydrogen-bond acceptors (Lipinski definition) is 4. The number of anilines is 1. The first-order valence-corrected chi connectivity index (χ1v) is 11.0. The number of nitrogens with one attached hydrogen (secondary N) is 2. The second-order valence-corrected chi connectivity index (χ2v) is 8.71. The van der Waals surface area contributed by atoms with Crippen molar-refractivity contribution in [3.63, 3.8) is 0 Å². The van der Waals surface area contributed by atoms with E-state index in [1.165, 1.54) is 25.3 Å². The van der Waals surface area contributed by atoms with E-state index in [1.807, 2.05) is 0 Å². The van der Waals surface area contributed by atoms with E-state index in [1.54, 1.807) is 6.07 Å². The minimum absolute atomic E-state index is 0.197. The van der Waals surface area contributed by atoms with Gasteiger partial charge in [0.05, 0.1) is 11.3 Å². The Labute approximate surface area is 183 Å². The molecule has 0 unspecified atom stereocenters. The first-order chi connectivity index (χ1) is 14.7. The summed E-state index contributed by atoms with van der Waals surface area (Å²) in [6, 6.07) is 2.01. The lowest BCUT2D eigenvalue weighted by Gasteiger charge is -2.31. The highest BCUT2D eigenvalue weighted by molar-refractivity contribution is 5.82. The van der Waals surface area contributed by atoms with E-state index in [9.17, 15) is 13.2 Å². The van der Waals surface area contributed by atoms with Crippen LogP contribution in [0.25, 0.3) is 17.3 Å². The molecule has 1 saturated carbocycles. The van der Waals surface area contributed by atoms with Gasteiger partial charge in [0.15, 0.2) is 0 Å². The van der Waals surface area contributed by atoms with Crippen LogP contribution >= 0.6 is 0 Å². The van der Waals surface area contributed by atoms with Crippen molar-refractivity contribution in [1.29, 1.82) is 0 Å². The highest BCUT2D eigenvalue weighted by Crippen LogP contribution is 2.37. The molecule has 1 aromatic heterocycles. The van der Waals surface area contributed by atoms with Gasteiger partial charge >= 0.3 is 6.18 Å². The zero-order chi connectivity index (χ0) is 22.6. The maximum Gasteiger partial charge on any atom is 0.417 e. The molecule has 0 spiro atoms.